The van der Waals surface area contributed by atoms with E-state index in [0.29, 0.717) is 10.1 Å². The van der Waals surface area contributed by atoms with Gasteiger partial charge in [0.2, 0.25) is 0 Å². The molecule has 0 atom stereocenters. The maximum absolute atomic E-state index is 13.0. The number of amides is 1. The quantitative estimate of drug-likeness (QED) is 0.763. The summed E-state index contributed by atoms with van der Waals surface area (Å²) in [4.78, 5) is 17.1. The molecule has 1 fully saturated rings. The topological polar surface area (TPSA) is 41.5 Å². The molecule has 3 rings (SSSR count). The highest BCUT2D eigenvalue weighted by molar-refractivity contribution is 8.18. The Balaban J connectivity index is 1.71. The van der Waals surface area contributed by atoms with Gasteiger partial charge in [-0.15, -0.1) is 0 Å². The lowest BCUT2D eigenvalue weighted by Gasteiger charge is -2.01. The van der Waals surface area contributed by atoms with Gasteiger partial charge in [-0.2, -0.15) is 0 Å². The zero-order valence-electron chi connectivity index (χ0n) is 14.0. The number of aryl methyl sites for hydroxylation is 1. The summed E-state index contributed by atoms with van der Waals surface area (Å²) in [5.74, 6) is -0.483. The molecule has 0 radical (unpaired) electrons. The lowest BCUT2D eigenvalue weighted by atomic mass is 10.1. The van der Waals surface area contributed by atoms with Gasteiger partial charge in [-0.25, -0.2) is 9.38 Å². The Kier molecular flexibility index (Phi) is 5.66. The van der Waals surface area contributed by atoms with Crippen LogP contribution < -0.4 is 5.32 Å². The van der Waals surface area contributed by atoms with Gasteiger partial charge in [0, 0.05) is 0 Å². The summed E-state index contributed by atoms with van der Waals surface area (Å²) >= 11 is 1.29. The van der Waals surface area contributed by atoms with E-state index in [4.69, 9.17) is 0 Å². The molecule has 1 N–H and O–H groups in total. The normalized spacial score (nSPS) is 17.3. The number of benzene rings is 2. The highest BCUT2D eigenvalue weighted by Gasteiger charge is 2.23. The maximum atomic E-state index is 13.0. The molecule has 1 aliphatic heterocycles. The van der Waals surface area contributed by atoms with E-state index in [9.17, 15) is 9.18 Å². The number of hydrogen-bond donors (Lipinski definition) is 1. The van der Waals surface area contributed by atoms with Crippen LogP contribution in [-0.4, -0.2) is 11.1 Å². The van der Waals surface area contributed by atoms with Crippen molar-refractivity contribution in [2.75, 3.05) is 0 Å². The fraction of sp³-hybridized carbons (Fsp3) is 0.200. The Bertz CT molecular complexity index is 811. The lowest BCUT2D eigenvalue weighted by molar-refractivity contribution is -0.115. The Labute approximate surface area is 151 Å². The molecule has 0 bridgehead atoms. The standard InChI is InChI=1S/C20H19FN2OS/c1-2-3-4-14-7-11-17(12-8-14)22-20-23-19(24)18(25-20)13-15-5-9-16(21)10-6-15/h5-13H,2-4H2,1H3,(H,22,23,24)/b18-13-. The number of hydrogen-bond acceptors (Lipinski definition) is 3. The highest BCUT2D eigenvalue weighted by Crippen LogP contribution is 2.28. The third kappa shape index (κ3) is 4.79. The highest BCUT2D eigenvalue weighted by atomic mass is 32.2. The number of unbranched alkanes of at least 4 members (excludes halogenated alkanes) is 1. The maximum Gasteiger partial charge on any atom is 0.264 e. The zero-order valence-corrected chi connectivity index (χ0v) is 14.8. The Hall–Kier alpha value is -2.40. The van der Waals surface area contributed by atoms with Crippen molar-refractivity contribution in [3.63, 3.8) is 0 Å². The summed E-state index contributed by atoms with van der Waals surface area (Å²) in [6.07, 6.45) is 5.16. The van der Waals surface area contributed by atoms with Crippen molar-refractivity contribution < 1.29 is 9.18 Å². The monoisotopic (exact) mass is 354 g/mol. The molecule has 2 aromatic carbocycles. The van der Waals surface area contributed by atoms with Gasteiger partial charge >= 0.3 is 0 Å². The van der Waals surface area contributed by atoms with Gasteiger partial charge in [0.05, 0.1) is 10.6 Å². The molecule has 0 spiro atoms. The molecule has 0 saturated carbocycles. The second-order valence-electron chi connectivity index (χ2n) is 5.80. The van der Waals surface area contributed by atoms with Crippen LogP contribution in [0.15, 0.2) is 58.4 Å². The van der Waals surface area contributed by atoms with Crippen LogP contribution in [0.5, 0.6) is 0 Å². The average Bonchev–Trinajstić information content (AvgIpc) is 2.95. The molecule has 1 saturated heterocycles. The van der Waals surface area contributed by atoms with Crippen LogP contribution in [0, 0.1) is 5.82 Å². The zero-order chi connectivity index (χ0) is 17.6. The number of amidine groups is 1. The van der Waals surface area contributed by atoms with Crippen molar-refractivity contribution in [1.82, 2.24) is 5.32 Å². The van der Waals surface area contributed by atoms with Gasteiger partial charge in [-0.3, -0.25) is 4.79 Å². The SMILES string of the molecule is CCCCc1ccc(N=C2NC(=O)/C(=C/c3ccc(F)cc3)S2)cc1. The summed E-state index contributed by atoms with van der Waals surface area (Å²) in [7, 11) is 0. The smallest absolute Gasteiger partial charge is 0.264 e. The molecule has 0 aromatic heterocycles. The summed E-state index contributed by atoms with van der Waals surface area (Å²) in [5, 5.41) is 3.32. The van der Waals surface area contributed by atoms with E-state index in [-0.39, 0.29) is 11.7 Å². The summed E-state index contributed by atoms with van der Waals surface area (Å²) < 4.78 is 13.0. The predicted octanol–water partition coefficient (Wildman–Crippen LogP) is 5.06. The summed E-state index contributed by atoms with van der Waals surface area (Å²) in [6, 6.07) is 14.1. The van der Waals surface area contributed by atoms with E-state index >= 15 is 0 Å². The average molecular weight is 354 g/mol. The van der Waals surface area contributed by atoms with Gasteiger partial charge < -0.3 is 5.32 Å². The van der Waals surface area contributed by atoms with Crippen LogP contribution in [0.1, 0.15) is 30.9 Å². The molecule has 25 heavy (non-hydrogen) atoms. The van der Waals surface area contributed by atoms with Crippen molar-refractivity contribution in [2.24, 2.45) is 4.99 Å². The van der Waals surface area contributed by atoms with Gasteiger partial charge in [0.25, 0.3) is 5.91 Å². The first-order valence-corrected chi connectivity index (χ1v) is 9.10. The predicted molar refractivity (Wildman–Crippen MR) is 102 cm³/mol. The van der Waals surface area contributed by atoms with E-state index in [1.807, 2.05) is 12.1 Å². The number of nitrogens with zero attached hydrogens (tertiary/aromatic N) is 1. The van der Waals surface area contributed by atoms with E-state index in [1.165, 1.54) is 42.3 Å². The van der Waals surface area contributed by atoms with E-state index in [0.717, 1.165) is 17.7 Å². The Morgan fingerprint density at radius 1 is 1.12 bits per heavy atom. The van der Waals surface area contributed by atoms with E-state index < -0.39 is 0 Å². The third-order valence-electron chi connectivity index (χ3n) is 3.80. The molecular weight excluding hydrogens is 335 g/mol. The molecule has 1 aliphatic rings. The largest absolute Gasteiger partial charge is 0.300 e. The van der Waals surface area contributed by atoms with Gasteiger partial charge in [0.15, 0.2) is 5.17 Å². The molecule has 128 valence electrons. The summed E-state index contributed by atoms with van der Waals surface area (Å²) in [5.41, 5.74) is 2.89. The van der Waals surface area contributed by atoms with Crippen LogP contribution in [0.2, 0.25) is 0 Å². The van der Waals surface area contributed by atoms with Crippen molar-refractivity contribution in [3.8, 4) is 0 Å². The van der Waals surface area contributed by atoms with Crippen LogP contribution in [0.3, 0.4) is 0 Å². The molecule has 0 aliphatic carbocycles. The fourth-order valence-corrected chi connectivity index (χ4v) is 3.27. The van der Waals surface area contributed by atoms with E-state index in [2.05, 4.69) is 29.4 Å². The molecule has 0 unspecified atom stereocenters. The van der Waals surface area contributed by atoms with Crippen LogP contribution in [-0.2, 0) is 11.2 Å². The molecular formula is C20H19FN2OS. The molecule has 5 heteroatoms. The summed E-state index contributed by atoms with van der Waals surface area (Å²) in [6.45, 7) is 2.18. The van der Waals surface area contributed by atoms with Gasteiger partial charge in [0.1, 0.15) is 5.82 Å². The number of carbonyl (C=O) groups is 1. The van der Waals surface area contributed by atoms with Crippen LogP contribution >= 0.6 is 11.8 Å². The first kappa shape index (κ1) is 17.4. The lowest BCUT2D eigenvalue weighted by Crippen LogP contribution is -2.19. The molecule has 1 amide bonds. The first-order valence-electron chi connectivity index (χ1n) is 8.28. The number of carbonyl (C=O) groups excluding carboxylic acids is 1. The number of halogens is 1. The Morgan fingerprint density at radius 3 is 2.52 bits per heavy atom. The minimum absolute atomic E-state index is 0.187. The fourth-order valence-electron chi connectivity index (χ4n) is 2.43. The van der Waals surface area contributed by atoms with Gasteiger partial charge in [-0.05, 0) is 66.1 Å². The number of rotatable bonds is 5. The number of nitrogens with one attached hydrogen (secondary N) is 1. The second kappa shape index (κ2) is 8.12. The van der Waals surface area contributed by atoms with Gasteiger partial charge in [-0.1, -0.05) is 37.6 Å². The second-order valence-corrected chi connectivity index (χ2v) is 6.83. The third-order valence-corrected chi connectivity index (χ3v) is 4.71. The first-order chi connectivity index (χ1) is 12.1. The molecule has 3 nitrogen and oxygen atoms in total. The minimum atomic E-state index is -0.296. The van der Waals surface area contributed by atoms with Crippen molar-refractivity contribution in [1.29, 1.82) is 0 Å². The van der Waals surface area contributed by atoms with Crippen molar-refractivity contribution in [2.45, 2.75) is 26.2 Å². The van der Waals surface area contributed by atoms with Crippen LogP contribution in [0.4, 0.5) is 10.1 Å². The van der Waals surface area contributed by atoms with E-state index in [1.54, 1.807) is 18.2 Å². The van der Waals surface area contributed by atoms with Crippen molar-refractivity contribution >= 4 is 34.6 Å². The van der Waals surface area contributed by atoms with Crippen LogP contribution in [0.25, 0.3) is 6.08 Å². The number of thioether (sulfide) groups is 1. The minimum Gasteiger partial charge on any atom is -0.300 e. The molecule has 2 aromatic rings. The Morgan fingerprint density at radius 2 is 1.84 bits per heavy atom. The van der Waals surface area contributed by atoms with Crippen molar-refractivity contribution in [3.05, 3.63) is 70.4 Å². The number of aliphatic imine (C=N–C) groups is 1. The molecule has 1 heterocycles.